The Hall–Kier alpha value is -1.24. The minimum absolute atomic E-state index is 0.00778. The summed E-state index contributed by atoms with van der Waals surface area (Å²) in [6, 6.07) is -0.361. The van der Waals surface area contributed by atoms with Gasteiger partial charge in [0.15, 0.2) is 0 Å². The van der Waals surface area contributed by atoms with Crippen molar-refractivity contribution in [3.63, 3.8) is 0 Å². The highest BCUT2D eigenvalue weighted by atomic mass is 19.4. The van der Waals surface area contributed by atoms with Crippen LogP contribution in [0.3, 0.4) is 0 Å². The molecule has 82 valence electrons. The van der Waals surface area contributed by atoms with Crippen LogP contribution in [0.5, 0.6) is 0 Å². The zero-order chi connectivity index (χ0) is 11.4. The Morgan fingerprint density at radius 1 is 1.64 bits per heavy atom. The predicted molar refractivity (Wildman–Crippen MR) is 39.5 cm³/mol. The van der Waals surface area contributed by atoms with Gasteiger partial charge >= 0.3 is 6.18 Å². The van der Waals surface area contributed by atoms with Crippen molar-refractivity contribution < 1.29 is 28.8 Å². The second kappa shape index (κ2) is 4.85. The van der Waals surface area contributed by atoms with Gasteiger partial charge in [-0.05, 0) is 18.8 Å². The van der Waals surface area contributed by atoms with Gasteiger partial charge in [0.25, 0.3) is 0 Å². The second-order valence-electron chi connectivity index (χ2n) is 2.70. The number of carbonyl (C=O) groups excluding carboxylic acids is 1. The van der Waals surface area contributed by atoms with Gasteiger partial charge in [-0.3, -0.25) is 4.79 Å². The number of alkyl halides is 3. The van der Waals surface area contributed by atoms with Gasteiger partial charge in [-0.15, -0.1) is 0 Å². The Morgan fingerprint density at radius 3 is 2.50 bits per heavy atom. The van der Waals surface area contributed by atoms with E-state index in [1.165, 1.54) is 0 Å². The summed E-state index contributed by atoms with van der Waals surface area (Å²) >= 11 is 0. The first kappa shape index (κ1) is 12.8. The van der Waals surface area contributed by atoms with E-state index in [1.807, 2.05) is 0 Å². The first-order valence-corrected chi connectivity index (χ1v) is 3.83. The highest BCUT2D eigenvalue weighted by Gasteiger charge is 2.26. The lowest BCUT2D eigenvalue weighted by Crippen LogP contribution is -2.59. The van der Waals surface area contributed by atoms with Crippen molar-refractivity contribution in [2.45, 2.75) is 19.1 Å². The molecule has 14 heavy (non-hydrogen) atoms. The molecule has 0 aliphatic carbocycles. The lowest BCUT2D eigenvalue weighted by Gasteiger charge is -2.15. The number of hydrogen-bond acceptors (Lipinski definition) is 2. The van der Waals surface area contributed by atoms with Crippen LogP contribution in [-0.2, 0) is 4.79 Å². The maximum absolute atomic E-state index is 11.7. The molecule has 0 fully saturated rings. The molecule has 0 aromatic carbocycles. The zero-order valence-corrected chi connectivity index (χ0v) is 7.52. The number of allylic oxidation sites excluding steroid dienone is 1. The van der Waals surface area contributed by atoms with Crippen LogP contribution >= 0.6 is 0 Å². The minimum Gasteiger partial charge on any atom is -0.869 e. The Labute approximate surface area is 78.6 Å². The van der Waals surface area contributed by atoms with Gasteiger partial charge in [0, 0.05) is 0 Å². The molecule has 4 nitrogen and oxygen atoms in total. The van der Waals surface area contributed by atoms with Crippen molar-refractivity contribution in [2.24, 2.45) is 0 Å². The van der Waals surface area contributed by atoms with Crippen molar-refractivity contribution in [1.29, 1.82) is 0 Å². The average Bonchev–Trinajstić information content (AvgIpc) is 2.02. The van der Waals surface area contributed by atoms with Gasteiger partial charge in [0.2, 0.25) is 5.91 Å². The Balaban J connectivity index is 4.30. The van der Waals surface area contributed by atoms with Crippen molar-refractivity contribution in [2.75, 3.05) is 6.54 Å². The van der Waals surface area contributed by atoms with E-state index >= 15 is 0 Å². The molecule has 0 heterocycles. The summed E-state index contributed by atoms with van der Waals surface area (Å²) in [6.07, 6.45) is -5.00. The van der Waals surface area contributed by atoms with Crippen molar-refractivity contribution in [3.8, 4) is 0 Å². The van der Waals surface area contributed by atoms with Gasteiger partial charge in [0.05, 0.1) is 12.6 Å². The fourth-order valence-corrected chi connectivity index (χ4v) is 0.558. The largest absolute Gasteiger partial charge is 0.869 e. The molecule has 7 heteroatoms. The van der Waals surface area contributed by atoms with Gasteiger partial charge in [-0.1, -0.05) is 0 Å². The van der Waals surface area contributed by atoms with Crippen LogP contribution < -0.4 is 16.2 Å². The van der Waals surface area contributed by atoms with E-state index in [2.05, 4.69) is 11.1 Å². The maximum atomic E-state index is 11.7. The van der Waals surface area contributed by atoms with Gasteiger partial charge < -0.3 is 16.2 Å². The summed E-state index contributed by atoms with van der Waals surface area (Å²) in [5.41, 5.74) is 3.43. The summed E-state index contributed by atoms with van der Waals surface area (Å²) in [4.78, 5) is 10.8. The SMILES string of the molecule is CC(C[NH3+])NC(=O)C=C([O-])C(F)(F)F. The molecule has 0 aliphatic rings. The fourth-order valence-electron chi connectivity index (χ4n) is 0.558. The lowest BCUT2D eigenvalue weighted by atomic mass is 10.3. The van der Waals surface area contributed by atoms with Crippen molar-refractivity contribution in [1.82, 2.24) is 5.32 Å². The van der Waals surface area contributed by atoms with Crippen LogP contribution in [0.2, 0.25) is 0 Å². The third-order valence-corrected chi connectivity index (χ3v) is 1.36. The molecule has 0 saturated carbocycles. The second-order valence-corrected chi connectivity index (χ2v) is 2.70. The van der Waals surface area contributed by atoms with E-state index in [4.69, 9.17) is 0 Å². The zero-order valence-electron chi connectivity index (χ0n) is 7.52. The number of halogens is 3. The molecule has 1 atom stereocenters. The lowest BCUT2D eigenvalue weighted by molar-refractivity contribution is -0.371. The van der Waals surface area contributed by atoms with E-state index in [0.29, 0.717) is 6.54 Å². The van der Waals surface area contributed by atoms with E-state index in [9.17, 15) is 23.1 Å². The topological polar surface area (TPSA) is 79.8 Å². The van der Waals surface area contributed by atoms with Gasteiger partial charge in [0.1, 0.15) is 0 Å². The van der Waals surface area contributed by atoms with Crippen LogP contribution in [0.4, 0.5) is 13.2 Å². The summed E-state index contributed by atoms with van der Waals surface area (Å²) in [7, 11) is 0. The van der Waals surface area contributed by atoms with Gasteiger partial charge in [-0.2, -0.15) is 13.2 Å². The monoisotopic (exact) mass is 212 g/mol. The Kier molecular flexibility index (Phi) is 4.42. The summed E-state index contributed by atoms with van der Waals surface area (Å²) in [5.74, 6) is -3.21. The number of hydrogen-bond donors (Lipinski definition) is 2. The van der Waals surface area contributed by atoms with Crippen molar-refractivity contribution in [3.05, 3.63) is 11.8 Å². The number of carbonyl (C=O) groups is 1. The summed E-state index contributed by atoms with van der Waals surface area (Å²) in [6.45, 7) is 1.90. The van der Waals surface area contributed by atoms with Crippen molar-refractivity contribution >= 4 is 5.91 Å². The molecule has 1 unspecified atom stereocenters. The number of amides is 1. The summed E-state index contributed by atoms with van der Waals surface area (Å²) in [5, 5.41) is 12.4. The van der Waals surface area contributed by atoms with Crippen LogP contribution in [0.15, 0.2) is 11.8 Å². The van der Waals surface area contributed by atoms with Crippen LogP contribution in [-0.4, -0.2) is 24.7 Å². The highest BCUT2D eigenvalue weighted by Crippen LogP contribution is 2.20. The molecule has 0 rings (SSSR count). The van der Waals surface area contributed by atoms with Crippen LogP contribution in [0.1, 0.15) is 6.92 Å². The molecule has 0 aliphatic heterocycles. The van der Waals surface area contributed by atoms with Crippen LogP contribution in [0.25, 0.3) is 0 Å². The Bertz CT molecular complexity index is 238. The van der Waals surface area contributed by atoms with Crippen LogP contribution in [0, 0.1) is 0 Å². The Morgan fingerprint density at radius 2 is 2.14 bits per heavy atom. The third-order valence-electron chi connectivity index (χ3n) is 1.36. The molecular weight excluding hydrogens is 201 g/mol. The van der Waals surface area contributed by atoms with E-state index in [-0.39, 0.29) is 12.1 Å². The molecule has 0 aromatic rings. The molecule has 0 saturated heterocycles. The molecular formula is C7H11F3N2O2. The molecule has 0 spiro atoms. The van der Waals surface area contributed by atoms with E-state index < -0.39 is 17.8 Å². The average molecular weight is 212 g/mol. The maximum Gasteiger partial charge on any atom is 0.402 e. The standard InChI is InChI=1S/C7H11F3N2O2/c1-4(3-11)12-6(14)2-5(13)7(8,9)10/h2,4,13H,3,11H2,1H3,(H,12,14). The quantitative estimate of drug-likeness (QED) is 0.443. The van der Waals surface area contributed by atoms with Gasteiger partial charge in [-0.25, -0.2) is 0 Å². The number of quaternary nitrogens is 1. The third kappa shape index (κ3) is 4.70. The summed E-state index contributed by atoms with van der Waals surface area (Å²) < 4.78 is 35.0. The smallest absolute Gasteiger partial charge is 0.402 e. The number of nitrogens with one attached hydrogen (secondary N) is 1. The molecule has 4 N–H and O–H groups in total. The fraction of sp³-hybridized carbons (Fsp3) is 0.571. The number of rotatable bonds is 3. The van der Waals surface area contributed by atoms with E-state index in [1.54, 1.807) is 6.92 Å². The first-order chi connectivity index (χ1) is 6.27. The molecule has 0 radical (unpaired) electrons. The minimum atomic E-state index is -4.99. The van der Waals surface area contributed by atoms with E-state index in [0.717, 1.165) is 0 Å². The molecule has 0 aromatic heterocycles. The normalized spacial score (nSPS) is 15.1. The first-order valence-electron chi connectivity index (χ1n) is 3.83. The molecule has 0 bridgehead atoms. The predicted octanol–water partition coefficient (Wildman–Crippen LogP) is -1.46. The highest BCUT2D eigenvalue weighted by molar-refractivity contribution is 5.88. The molecule has 1 amide bonds.